The van der Waals surface area contributed by atoms with E-state index in [0.717, 1.165) is 48.2 Å². The molecular formula is C21H29N5O. The highest BCUT2D eigenvalue weighted by Crippen LogP contribution is 2.28. The number of amides is 1. The van der Waals surface area contributed by atoms with Crippen LogP contribution in [-0.4, -0.2) is 45.6 Å². The van der Waals surface area contributed by atoms with Crippen molar-refractivity contribution in [1.29, 1.82) is 0 Å². The number of unbranched alkanes of at least 4 members (excludes halogenated alkanes) is 1. The van der Waals surface area contributed by atoms with E-state index in [1.165, 1.54) is 12.8 Å². The first-order valence-corrected chi connectivity index (χ1v) is 9.85. The fourth-order valence-corrected chi connectivity index (χ4v) is 3.29. The number of carbonyl (C=O) groups excluding carboxylic acids is 1. The van der Waals surface area contributed by atoms with E-state index in [9.17, 15) is 4.79 Å². The SMILES string of the molecule is CCCCN(CC)CCCC(=O)Nc1cc(-c2c[nH]c3ccccc23)n[nH]1. The Hall–Kier alpha value is -2.60. The number of aromatic nitrogens is 3. The molecule has 0 fully saturated rings. The summed E-state index contributed by atoms with van der Waals surface area (Å²) in [5.74, 6) is 0.661. The normalized spacial score (nSPS) is 11.4. The molecule has 0 radical (unpaired) electrons. The van der Waals surface area contributed by atoms with Crippen molar-refractivity contribution in [2.45, 2.75) is 39.5 Å². The van der Waals surface area contributed by atoms with E-state index < -0.39 is 0 Å². The van der Waals surface area contributed by atoms with Crippen molar-refractivity contribution >= 4 is 22.6 Å². The van der Waals surface area contributed by atoms with E-state index in [4.69, 9.17) is 0 Å². The smallest absolute Gasteiger partial charge is 0.225 e. The highest BCUT2D eigenvalue weighted by atomic mass is 16.1. The van der Waals surface area contributed by atoms with Crippen molar-refractivity contribution in [3.63, 3.8) is 0 Å². The minimum absolute atomic E-state index is 0.0238. The Kier molecular flexibility index (Phi) is 6.65. The molecule has 3 N–H and O–H groups in total. The summed E-state index contributed by atoms with van der Waals surface area (Å²) in [4.78, 5) is 17.9. The Balaban J connectivity index is 1.52. The van der Waals surface area contributed by atoms with Gasteiger partial charge in [0.1, 0.15) is 5.82 Å². The molecule has 144 valence electrons. The number of benzene rings is 1. The lowest BCUT2D eigenvalue weighted by Crippen LogP contribution is -2.26. The number of carbonyl (C=O) groups is 1. The number of hydrogen-bond acceptors (Lipinski definition) is 3. The van der Waals surface area contributed by atoms with E-state index in [-0.39, 0.29) is 5.91 Å². The van der Waals surface area contributed by atoms with Crippen LogP contribution in [0.5, 0.6) is 0 Å². The minimum Gasteiger partial charge on any atom is -0.360 e. The number of nitrogens with zero attached hydrogens (tertiary/aromatic N) is 2. The van der Waals surface area contributed by atoms with E-state index >= 15 is 0 Å². The molecule has 27 heavy (non-hydrogen) atoms. The number of para-hydroxylation sites is 1. The second-order valence-electron chi connectivity index (χ2n) is 6.85. The Morgan fingerprint density at radius 2 is 2.00 bits per heavy atom. The lowest BCUT2D eigenvalue weighted by Gasteiger charge is -2.19. The van der Waals surface area contributed by atoms with Crippen LogP contribution in [0.4, 0.5) is 5.82 Å². The van der Waals surface area contributed by atoms with Gasteiger partial charge in [-0.1, -0.05) is 38.5 Å². The summed E-state index contributed by atoms with van der Waals surface area (Å²) in [6.07, 6.45) is 5.75. The van der Waals surface area contributed by atoms with Gasteiger partial charge in [0.15, 0.2) is 0 Å². The molecule has 0 aliphatic rings. The average Bonchev–Trinajstić information content (AvgIpc) is 3.31. The topological polar surface area (TPSA) is 76.8 Å². The zero-order valence-electron chi connectivity index (χ0n) is 16.2. The standard InChI is InChI=1S/C21H29N5O/c1-3-5-12-26(4-2)13-8-11-21(27)23-20-14-19(24-25-20)17-15-22-18-10-7-6-9-16(17)18/h6-7,9-10,14-15,22H,3-5,8,11-13H2,1-2H3,(H2,23,24,25,27). The van der Waals surface area contributed by atoms with Gasteiger partial charge in [0.05, 0.1) is 5.69 Å². The minimum atomic E-state index is 0.0238. The van der Waals surface area contributed by atoms with Crippen molar-refractivity contribution in [3.8, 4) is 11.3 Å². The maximum Gasteiger partial charge on any atom is 0.225 e. The highest BCUT2D eigenvalue weighted by molar-refractivity contribution is 5.96. The van der Waals surface area contributed by atoms with Crippen LogP contribution in [0.1, 0.15) is 39.5 Å². The summed E-state index contributed by atoms with van der Waals surface area (Å²) in [5, 5.41) is 11.3. The summed E-state index contributed by atoms with van der Waals surface area (Å²) < 4.78 is 0. The zero-order valence-corrected chi connectivity index (χ0v) is 16.2. The Morgan fingerprint density at radius 1 is 1.19 bits per heavy atom. The lowest BCUT2D eigenvalue weighted by atomic mass is 10.1. The molecule has 0 saturated carbocycles. The van der Waals surface area contributed by atoms with Crippen LogP contribution in [0, 0.1) is 0 Å². The largest absolute Gasteiger partial charge is 0.360 e. The van der Waals surface area contributed by atoms with Crippen LogP contribution in [-0.2, 0) is 4.79 Å². The fourth-order valence-electron chi connectivity index (χ4n) is 3.29. The third-order valence-corrected chi connectivity index (χ3v) is 4.87. The van der Waals surface area contributed by atoms with Crippen LogP contribution >= 0.6 is 0 Å². The monoisotopic (exact) mass is 367 g/mol. The Bertz CT molecular complexity index is 866. The van der Waals surface area contributed by atoms with Crippen LogP contribution in [0.2, 0.25) is 0 Å². The summed E-state index contributed by atoms with van der Waals surface area (Å²) in [5.41, 5.74) is 2.92. The molecule has 0 saturated heterocycles. The molecule has 2 heterocycles. The quantitative estimate of drug-likeness (QED) is 0.497. The number of nitrogens with one attached hydrogen (secondary N) is 3. The zero-order chi connectivity index (χ0) is 19.1. The maximum absolute atomic E-state index is 12.2. The second-order valence-corrected chi connectivity index (χ2v) is 6.85. The van der Waals surface area contributed by atoms with Crippen LogP contribution in [0.15, 0.2) is 36.5 Å². The molecule has 3 aromatic rings. The molecule has 0 aliphatic carbocycles. The number of hydrogen-bond donors (Lipinski definition) is 3. The van der Waals surface area contributed by atoms with E-state index in [1.807, 2.05) is 30.5 Å². The molecule has 0 spiro atoms. The van der Waals surface area contributed by atoms with E-state index in [2.05, 4.69) is 45.3 Å². The summed E-state index contributed by atoms with van der Waals surface area (Å²) >= 11 is 0. The van der Waals surface area contributed by atoms with Gasteiger partial charge in [0.2, 0.25) is 5.91 Å². The molecule has 3 rings (SSSR count). The number of H-pyrrole nitrogens is 2. The predicted octanol–water partition coefficient (Wildman–Crippen LogP) is 4.40. The van der Waals surface area contributed by atoms with Gasteiger partial charge in [-0.15, -0.1) is 0 Å². The first-order valence-electron chi connectivity index (χ1n) is 9.85. The van der Waals surface area contributed by atoms with Crippen molar-refractivity contribution in [1.82, 2.24) is 20.1 Å². The maximum atomic E-state index is 12.2. The third-order valence-electron chi connectivity index (χ3n) is 4.87. The molecule has 6 heteroatoms. The van der Waals surface area contributed by atoms with E-state index in [1.54, 1.807) is 0 Å². The molecule has 1 amide bonds. The Labute approximate surface area is 160 Å². The molecule has 0 aliphatic heterocycles. The lowest BCUT2D eigenvalue weighted by molar-refractivity contribution is -0.116. The van der Waals surface area contributed by atoms with Gasteiger partial charge in [0, 0.05) is 35.2 Å². The third kappa shape index (κ3) is 4.98. The van der Waals surface area contributed by atoms with Gasteiger partial charge < -0.3 is 15.2 Å². The number of fused-ring (bicyclic) bond motifs is 1. The van der Waals surface area contributed by atoms with Gasteiger partial charge in [-0.05, 0) is 38.5 Å². The van der Waals surface area contributed by atoms with Crippen LogP contribution in [0.3, 0.4) is 0 Å². The van der Waals surface area contributed by atoms with Gasteiger partial charge in [-0.25, -0.2) is 0 Å². The van der Waals surface area contributed by atoms with Crippen molar-refractivity contribution in [3.05, 3.63) is 36.5 Å². The van der Waals surface area contributed by atoms with Gasteiger partial charge in [0.25, 0.3) is 0 Å². The second kappa shape index (κ2) is 9.37. The highest BCUT2D eigenvalue weighted by Gasteiger charge is 2.11. The van der Waals surface area contributed by atoms with Crippen LogP contribution in [0.25, 0.3) is 22.2 Å². The summed E-state index contributed by atoms with van der Waals surface area (Å²) in [7, 11) is 0. The van der Waals surface area contributed by atoms with Crippen LogP contribution < -0.4 is 5.32 Å². The molecule has 0 unspecified atom stereocenters. The molecular weight excluding hydrogens is 338 g/mol. The number of anilines is 1. The van der Waals surface area contributed by atoms with Crippen molar-refractivity contribution < 1.29 is 4.79 Å². The van der Waals surface area contributed by atoms with E-state index in [0.29, 0.717) is 12.2 Å². The fraction of sp³-hybridized carbons (Fsp3) is 0.429. The van der Waals surface area contributed by atoms with Gasteiger partial charge in [-0.2, -0.15) is 5.10 Å². The van der Waals surface area contributed by atoms with Crippen molar-refractivity contribution in [2.24, 2.45) is 0 Å². The van der Waals surface area contributed by atoms with Crippen molar-refractivity contribution in [2.75, 3.05) is 25.0 Å². The van der Waals surface area contributed by atoms with Gasteiger partial charge >= 0.3 is 0 Å². The van der Waals surface area contributed by atoms with Gasteiger partial charge in [-0.3, -0.25) is 9.89 Å². The first kappa shape index (κ1) is 19.2. The molecule has 0 atom stereocenters. The summed E-state index contributed by atoms with van der Waals surface area (Å²) in [6, 6.07) is 9.99. The average molecular weight is 367 g/mol. The predicted molar refractivity (Wildman–Crippen MR) is 111 cm³/mol. The number of rotatable bonds is 10. The Morgan fingerprint density at radius 3 is 2.81 bits per heavy atom. The number of aromatic amines is 2. The molecule has 1 aromatic carbocycles. The summed E-state index contributed by atoms with van der Waals surface area (Å²) in [6.45, 7) is 7.50. The molecule has 2 aromatic heterocycles. The molecule has 6 nitrogen and oxygen atoms in total. The first-order chi connectivity index (χ1) is 13.2. The molecule has 0 bridgehead atoms.